The molecule has 3 rings (SSSR count). The second-order valence-corrected chi connectivity index (χ2v) is 11.5. The van der Waals surface area contributed by atoms with Crippen molar-refractivity contribution in [2.24, 2.45) is 0 Å². The Labute approximate surface area is 252 Å². The van der Waals surface area contributed by atoms with Gasteiger partial charge in [-0.15, -0.1) is 10.7 Å². The molecule has 0 aliphatic heterocycles. The molecule has 0 amide bonds. The number of ether oxygens (including phenoxy) is 3. The summed E-state index contributed by atoms with van der Waals surface area (Å²) in [5.74, 6) is 0.0592. The normalized spacial score (nSPS) is 12.9. The Kier molecular flexibility index (Phi) is 13.8. The standard InChI is InChI=1S/C25H27BrN2O7S.C3H8.C2H6/c1-7-25(3,30)24(26)18-14-19(28(27-18)36(31,32)17-10-8-15(2)9-11-17)22(29)16-12-20(33-4)23(35-6)21(13-16)34-5;1-3-2;1-2/h7-14,24,30H,1H2,2-6H3;3H2,1-2H3;1-2H3. The number of benzene rings is 2. The lowest BCUT2D eigenvalue weighted by Crippen LogP contribution is -2.27. The van der Waals surface area contributed by atoms with Crippen molar-refractivity contribution in [1.29, 1.82) is 0 Å². The van der Waals surface area contributed by atoms with Gasteiger partial charge in [0.2, 0.25) is 11.5 Å². The molecule has 1 N–H and O–H groups in total. The van der Waals surface area contributed by atoms with E-state index in [9.17, 15) is 18.3 Å². The molecular formula is C30H41BrN2O7S. The second kappa shape index (κ2) is 15.7. The number of aliphatic hydroxyl groups is 1. The minimum atomic E-state index is -4.28. The van der Waals surface area contributed by atoms with Gasteiger partial charge >= 0.3 is 0 Å². The number of hydrogen-bond donors (Lipinski definition) is 1. The smallest absolute Gasteiger partial charge is 0.283 e. The zero-order chi connectivity index (χ0) is 31.5. The quantitative estimate of drug-likeness (QED) is 0.150. The lowest BCUT2D eigenvalue weighted by molar-refractivity contribution is 0.103. The van der Waals surface area contributed by atoms with E-state index in [1.165, 1.54) is 71.1 Å². The first kappa shape index (κ1) is 35.9. The van der Waals surface area contributed by atoms with Gasteiger partial charge in [0, 0.05) is 5.56 Å². The third-order valence-corrected chi connectivity index (χ3v) is 8.59. The summed E-state index contributed by atoms with van der Waals surface area (Å²) in [6, 6.07) is 10.3. The van der Waals surface area contributed by atoms with E-state index < -0.39 is 26.2 Å². The van der Waals surface area contributed by atoms with Gasteiger partial charge in [0.15, 0.2) is 11.5 Å². The van der Waals surface area contributed by atoms with Gasteiger partial charge in [-0.05, 0) is 44.2 Å². The highest BCUT2D eigenvalue weighted by atomic mass is 79.9. The van der Waals surface area contributed by atoms with E-state index in [0.717, 1.165) is 5.56 Å². The molecule has 0 saturated carbocycles. The fraction of sp³-hybridized carbons (Fsp3) is 0.400. The first-order valence-electron chi connectivity index (χ1n) is 13.1. The van der Waals surface area contributed by atoms with E-state index in [0.29, 0.717) is 4.09 Å². The molecule has 11 heteroatoms. The summed E-state index contributed by atoms with van der Waals surface area (Å²) in [6.07, 6.45) is 2.54. The van der Waals surface area contributed by atoms with Crippen LogP contribution in [0.2, 0.25) is 0 Å². The van der Waals surface area contributed by atoms with Crippen molar-refractivity contribution in [2.75, 3.05) is 21.3 Å². The molecule has 2 unspecified atom stereocenters. The number of rotatable bonds is 10. The molecule has 41 heavy (non-hydrogen) atoms. The number of ketones is 1. The number of carbonyl (C=O) groups excluding carboxylic acids is 1. The van der Waals surface area contributed by atoms with Crippen molar-refractivity contribution in [3.8, 4) is 17.2 Å². The van der Waals surface area contributed by atoms with E-state index in [4.69, 9.17) is 14.2 Å². The maximum atomic E-state index is 13.7. The van der Waals surface area contributed by atoms with Crippen LogP contribution in [0.25, 0.3) is 0 Å². The van der Waals surface area contributed by atoms with Crippen LogP contribution >= 0.6 is 15.9 Å². The third kappa shape index (κ3) is 8.21. The first-order chi connectivity index (χ1) is 19.3. The molecule has 0 spiro atoms. The SMILES string of the molecule is C=CC(C)(O)C(Br)c1cc(C(=O)c2cc(OC)c(OC)c(OC)c2)n(S(=O)(=O)c2ccc(C)cc2)n1.CC.CCC. The average Bonchev–Trinajstić information content (AvgIpc) is 3.43. The van der Waals surface area contributed by atoms with Crippen LogP contribution in [0.3, 0.4) is 0 Å². The Bertz CT molecular complexity index is 1390. The predicted octanol–water partition coefficient (Wildman–Crippen LogP) is 6.50. The highest BCUT2D eigenvalue weighted by Gasteiger charge is 2.35. The van der Waals surface area contributed by atoms with Crippen LogP contribution in [-0.2, 0) is 10.0 Å². The number of hydrogen-bond acceptors (Lipinski definition) is 8. The summed E-state index contributed by atoms with van der Waals surface area (Å²) >= 11 is 3.36. The van der Waals surface area contributed by atoms with Crippen LogP contribution < -0.4 is 14.2 Å². The number of nitrogens with zero attached hydrogens (tertiary/aromatic N) is 2. The van der Waals surface area contributed by atoms with Crippen molar-refractivity contribution in [1.82, 2.24) is 9.19 Å². The number of carbonyl (C=O) groups is 1. The van der Waals surface area contributed by atoms with Gasteiger partial charge < -0.3 is 19.3 Å². The summed E-state index contributed by atoms with van der Waals surface area (Å²) in [4.78, 5) is 12.8. The van der Waals surface area contributed by atoms with Crippen molar-refractivity contribution in [2.45, 2.75) is 63.3 Å². The monoisotopic (exact) mass is 652 g/mol. The summed E-state index contributed by atoms with van der Waals surface area (Å²) in [7, 11) is -0.0391. The fourth-order valence-electron chi connectivity index (χ4n) is 3.42. The summed E-state index contributed by atoms with van der Waals surface area (Å²) in [6.45, 7) is 15.2. The fourth-order valence-corrected chi connectivity index (χ4v) is 5.10. The van der Waals surface area contributed by atoms with Crippen LogP contribution in [-0.4, -0.2) is 55.4 Å². The van der Waals surface area contributed by atoms with E-state index in [2.05, 4.69) is 41.5 Å². The Morgan fingerprint density at radius 3 is 1.98 bits per heavy atom. The van der Waals surface area contributed by atoms with Crippen LogP contribution in [0.5, 0.6) is 17.2 Å². The van der Waals surface area contributed by atoms with Gasteiger partial charge in [-0.2, -0.15) is 13.5 Å². The van der Waals surface area contributed by atoms with Crippen LogP contribution in [0, 0.1) is 6.92 Å². The number of methoxy groups -OCH3 is 3. The highest BCUT2D eigenvalue weighted by molar-refractivity contribution is 9.09. The van der Waals surface area contributed by atoms with Gasteiger partial charge in [0.25, 0.3) is 10.0 Å². The molecule has 3 aromatic rings. The molecule has 1 aromatic heterocycles. The molecule has 2 aromatic carbocycles. The topological polar surface area (TPSA) is 117 Å². The molecule has 1 heterocycles. The maximum absolute atomic E-state index is 13.7. The van der Waals surface area contributed by atoms with Crippen molar-refractivity contribution >= 4 is 31.7 Å². The van der Waals surface area contributed by atoms with Gasteiger partial charge in [0.1, 0.15) is 5.69 Å². The van der Waals surface area contributed by atoms with E-state index in [-0.39, 0.29) is 39.1 Å². The molecule has 226 valence electrons. The van der Waals surface area contributed by atoms with E-state index in [1.807, 2.05) is 20.8 Å². The Morgan fingerprint density at radius 2 is 1.56 bits per heavy atom. The summed E-state index contributed by atoms with van der Waals surface area (Å²) in [5, 5.41) is 14.9. The number of aryl methyl sites for hydroxylation is 1. The molecule has 0 saturated heterocycles. The molecular weight excluding hydrogens is 612 g/mol. The zero-order valence-electron chi connectivity index (χ0n) is 25.2. The minimum Gasteiger partial charge on any atom is -0.493 e. The molecule has 0 radical (unpaired) electrons. The van der Waals surface area contributed by atoms with Crippen molar-refractivity contribution in [3.05, 3.63) is 77.6 Å². The lowest BCUT2D eigenvalue weighted by Gasteiger charge is -2.23. The number of halogens is 1. The minimum absolute atomic E-state index is 0.0525. The van der Waals surface area contributed by atoms with Crippen LogP contribution in [0.4, 0.5) is 0 Å². The highest BCUT2D eigenvalue weighted by Crippen LogP contribution is 2.40. The van der Waals surface area contributed by atoms with Gasteiger partial charge in [-0.1, -0.05) is 73.8 Å². The molecule has 9 nitrogen and oxygen atoms in total. The van der Waals surface area contributed by atoms with Gasteiger partial charge in [-0.25, -0.2) is 0 Å². The lowest BCUT2D eigenvalue weighted by atomic mass is 9.99. The Hall–Kier alpha value is -3.15. The molecule has 0 aliphatic carbocycles. The van der Waals surface area contributed by atoms with Crippen molar-refractivity contribution < 1.29 is 32.5 Å². The molecule has 0 fully saturated rings. The maximum Gasteiger partial charge on any atom is 0.283 e. The van der Waals surface area contributed by atoms with Crippen LogP contribution in [0.1, 0.15) is 73.2 Å². The second-order valence-electron chi connectivity index (χ2n) is 8.86. The van der Waals surface area contributed by atoms with Gasteiger partial charge in [0.05, 0.1) is 42.3 Å². The zero-order valence-corrected chi connectivity index (χ0v) is 27.6. The summed E-state index contributed by atoms with van der Waals surface area (Å²) < 4.78 is 43.8. The first-order valence-corrected chi connectivity index (χ1v) is 15.4. The van der Waals surface area contributed by atoms with Crippen molar-refractivity contribution in [3.63, 3.8) is 0 Å². The summed E-state index contributed by atoms with van der Waals surface area (Å²) in [5.41, 5.74) is -0.667. The number of alkyl halides is 1. The van der Waals surface area contributed by atoms with E-state index in [1.54, 1.807) is 12.1 Å². The number of aromatic nitrogens is 2. The Morgan fingerprint density at radius 1 is 1.07 bits per heavy atom. The molecule has 0 bridgehead atoms. The Balaban J connectivity index is 0.00000157. The largest absolute Gasteiger partial charge is 0.493 e. The van der Waals surface area contributed by atoms with Crippen LogP contribution in [0.15, 0.2) is 60.0 Å². The van der Waals surface area contributed by atoms with E-state index >= 15 is 0 Å². The molecule has 2 atom stereocenters. The molecule has 0 aliphatic rings. The average molecular weight is 654 g/mol. The van der Waals surface area contributed by atoms with Gasteiger partial charge in [-0.3, -0.25) is 4.79 Å². The predicted molar refractivity (Wildman–Crippen MR) is 165 cm³/mol. The third-order valence-electron chi connectivity index (χ3n) is 5.59.